The van der Waals surface area contributed by atoms with Crippen molar-refractivity contribution in [1.82, 2.24) is 0 Å². The van der Waals surface area contributed by atoms with E-state index in [1.165, 1.54) is 12.3 Å². The minimum absolute atomic E-state index is 0.0763. The van der Waals surface area contributed by atoms with Gasteiger partial charge in [-0.25, -0.2) is 9.59 Å². The quantitative estimate of drug-likeness (QED) is 0.259. The first-order chi connectivity index (χ1) is 8.82. The molecule has 0 saturated heterocycles. The van der Waals surface area contributed by atoms with Gasteiger partial charge in [0.25, 0.3) is 0 Å². The zero-order valence-electron chi connectivity index (χ0n) is 9.34. The van der Waals surface area contributed by atoms with E-state index in [0.29, 0.717) is 13.4 Å². The maximum atomic E-state index is 11.9. The van der Waals surface area contributed by atoms with E-state index < -0.39 is 11.9 Å². The molecule has 0 heterocycles. The summed E-state index contributed by atoms with van der Waals surface area (Å²) in [6, 6.07) is 0. The second-order valence-electron chi connectivity index (χ2n) is 3.19. The van der Waals surface area contributed by atoms with E-state index in [9.17, 15) is 14.7 Å². The van der Waals surface area contributed by atoms with Crippen molar-refractivity contribution in [1.29, 1.82) is 0 Å². The predicted octanol–water partition coefficient (Wildman–Crippen LogP) is 5.13. The van der Waals surface area contributed by atoms with E-state index in [1.54, 1.807) is 6.92 Å². The number of hydrogen-bond acceptors (Lipinski definition) is 3. The van der Waals surface area contributed by atoms with Crippen LogP contribution in [0.1, 0.15) is 27.6 Å². The molecule has 0 aromatic heterocycles. The molecule has 8 heteroatoms. The van der Waals surface area contributed by atoms with Gasteiger partial charge in [-0.2, -0.15) is 0 Å². The average molecular weight is 522 g/mol. The van der Waals surface area contributed by atoms with Gasteiger partial charge in [0.1, 0.15) is 0 Å². The SMILES string of the molecule is CC=COC(=O)c1c(Br)c(Br)c(Br)c(Br)c1C(=O)O. The molecule has 0 aliphatic carbocycles. The van der Waals surface area contributed by atoms with E-state index in [-0.39, 0.29) is 15.6 Å². The highest BCUT2D eigenvalue weighted by molar-refractivity contribution is 9.15. The Balaban J connectivity index is 3.61. The van der Waals surface area contributed by atoms with Crippen molar-refractivity contribution in [2.45, 2.75) is 6.92 Å². The standard InChI is InChI=1S/C11H6Br4O4/c1-2-3-19-11(18)5-4(10(16)17)6(12)8(14)9(15)7(5)13/h2-3H,1H3,(H,16,17). The molecule has 0 amide bonds. The second-order valence-corrected chi connectivity index (χ2v) is 6.36. The maximum Gasteiger partial charge on any atom is 0.345 e. The molecule has 0 bridgehead atoms. The molecule has 0 aliphatic heterocycles. The summed E-state index contributed by atoms with van der Waals surface area (Å²) in [7, 11) is 0. The summed E-state index contributed by atoms with van der Waals surface area (Å²) in [6.07, 6.45) is 2.71. The molecular formula is C11H6Br4O4. The van der Waals surface area contributed by atoms with Crippen molar-refractivity contribution in [3.05, 3.63) is 41.4 Å². The van der Waals surface area contributed by atoms with Gasteiger partial charge in [-0.15, -0.1) is 0 Å². The Labute approximate surface area is 142 Å². The number of allylic oxidation sites excluding steroid dienone is 1. The minimum atomic E-state index is -1.24. The highest BCUT2D eigenvalue weighted by Crippen LogP contribution is 2.42. The molecule has 0 aliphatic rings. The van der Waals surface area contributed by atoms with Crippen molar-refractivity contribution in [3.8, 4) is 0 Å². The number of halogens is 4. The second kappa shape index (κ2) is 7.01. The van der Waals surface area contributed by atoms with Crippen molar-refractivity contribution in [3.63, 3.8) is 0 Å². The zero-order valence-corrected chi connectivity index (χ0v) is 15.7. The molecule has 1 aromatic rings. The fourth-order valence-electron chi connectivity index (χ4n) is 1.21. The first kappa shape index (κ1) is 16.9. The van der Waals surface area contributed by atoms with Gasteiger partial charge >= 0.3 is 11.9 Å². The van der Waals surface area contributed by atoms with Gasteiger partial charge in [0.05, 0.1) is 17.4 Å². The van der Waals surface area contributed by atoms with Crippen LogP contribution in [-0.2, 0) is 4.74 Å². The Morgan fingerprint density at radius 3 is 1.89 bits per heavy atom. The van der Waals surface area contributed by atoms with E-state index >= 15 is 0 Å². The summed E-state index contributed by atoms with van der Waals surface area (Å²) in [6.45, 7) is 1.67. The number of carboxylic acids is 1. The molecule has 0 fully saturated rings. The number of aromatic carboxylic acids is 1. The van der Waals surface area contributed by atoms with E-state index in [4.69, 9.17) is 4.74 Å². The number of carbonyl (C=O) groups excluding carboxylic acids is 1. The Morgan fingerprint density at radius 1 is 1.00 bits per heavy atom. The van der Waals surface area contributed by atoms with Gasteiger partial charge in [0.15, 0.2) is 0 Å². The van der Waals surface area contributed by atoms with Crippen LogP contribution in [-0.4, -0.2) is 17.0 Å². The van der Waals surface area contributed by atoms with Crippen molar-refractivity contribution >= 4 is 75.7 Å². The monoisotopic (exact) mass is 518 g/mol. The van der Waals surface area contributed by atoms with E-state index in [0.717, 1.165) is 0 Å². The minimum Gasteiger partial charge on any atom is -0.478 e. The fourth-order valence-corrected chi connectivity index (χ4v) is 3.66. The van der Waals surface area contributed by atoms with Crippen LogP contribution in [0.5, 0.6) is 0 Å². The Hall–Kier alpha value is -0.180. The summed E-state index contributed by atoms with van der Waals surface area (Å²) in [4.78, 5) is 23.3. The molecular weight excluding hydrogens is 516 g/mol. The van der Waals surface area contributed by atoms with Crippen molar-refractivity contribution in [2.24, 2.45) is 0 Å². The molecule has 4 nitrogen and oxygen atoms in total. The third-order valence-corrected chi connectivity index (χ3v) is 6.76. The lowest BCUT2D eigenvalue weighted by atomic mass is 10.1. The van der Waals surface area contributed by atoms with Crippen LogP contribution in [0.15, 0.2) is 30.2 Å². The molecule has 0 radical (unpaired) electrons. The van der Waals surface area contributed by atoms with Crippen LogP contribution >= 0.6 is 63.7 Å². The lowest BCUT2D eigenvalue weighted by molar-refractivity contribution is 0.0630. The van der Waals surface area contributed by atoms with Crippen molar-refractivity contribution < 1.29 is 19.4 Å². The molecule has 1 aromatic carbocycles. The highest BCUT2D eigenvalue weighted by atomic mass is 79.9. The van der Waals surface area contributed by atoms with Gasteiger partial charge in [0, 0.05) is 17.9 Å². The van der Waals surface area contributed by atoms with E-state index in [2.05, 4.69) is 63.7 Å². The summed E-state index contributed by atoms with van der Waals surface area (Å²) in [5.41, 5.74) is -0.260. The number of carbonyl (C=O) groups is 2. The largest absolute Gasteiger partial charge is 0.478 e. The molecule has 102 valence electrons. The third kappa shape index (κ3) is 3.48. The van der Waals surface area contributed by atoms with Crippen LogP contribution in [0.3, 0.4) is 0 Å². The summed E-state index contributed by atoms with van der Waals surface area (Å²) >= 11 is 12.8. The number of hydrogen-bond donors (Lipinski definition) is 1. The third-order valence-electron chi connectivity index (χ3n) is 2.00. The molecule has 0 spiro atoms. The number of esters is 1. The lowest BCUT2D eigenvalue weighted by Gasteiger charge is -2.12. The lowest BCUT2D eigenvalue weighted by Crippen LogP contribution is -2.12. The molecule has 0 unspecified atom stereocenters. The summed E-state index contributed by atoms with van der Waals surface area (Å²) < 4.78 is 6.38. The first-order valence-corrected chi connectivity index (χ1v) is 7.91. The first-order valence-electron chi connectivity index (χ1n) is 4.74. The molecule has 19 heavy (non-hydrogen) atoms. The Morgan fingerprint density at radius 2 is 1.47 bits per heavy atom. The van der Waals surface area contributed by atoms with Gasteiger partial charge in [0.2, 0.25) is 0 Å². The van der Waals surface area contributed by atoms with Crippen LogP contribution in [0.2, 0.25) is 0 Å². The topological polar surface area (TPSA) is 63.6 Å². The molecule has 0 saturated carbocycles. The highest BCUT2D eigenvalue weighted by Gasteiger charge is 2.28. The van der Waals surface area contributed by atoms with Crippen molar-refractivity contribution in [2.75, 3.05) is 0 Å². The maximum absolute atomic E-state index is 11.9. The van der Waals surface area contributed by atoms with Gasteiger partial charge < -0.3 is 9.84 Å². The number of ether oxygens (including phenoxy) is 1. The van der Waals surface area contributed by atoms with Crippen LogP contribution in [0, 0.1) is 0 Å². The summed E-state index contributed by atoms with van der Waals surface area (Å²) in [5, 5.41) is 9.25. The smallest absolute Gasteiger partial charge is 0.345 e. The fraction of sp³-hybridized carbons (Fsp3) is 0.0909. The molecule has 1 N–H and O–H groups in total. The van der Waals surface area contributed by atoms with Gasteiger partial charge in [-0.3, -0.25) is 0 Å². The van der Waals surface area contributed by atoms with Gasteiger partial charge in [-0.1, -0.05) is 6.08 Å². The van der Waals surface area contributed by atoms with Crippen LogP contribution in [0.25, 0.3) is 0 Å². The number of rotatable bonds is 3. The van der Waals surface area contributed by atoms with Crippen LogP contribution < -0.4 is 0 Å². The zero-order chi connectivity index (χ0) is 14.7. The van der Waals surface area contributed by atoms with E-state index in [1.807, 2.05) is 0 Å². The summed E-state index contributed by atoms with van der Waals surface area (Å²) in [5.74, 6) is -2.01. The van der Waals surface area contributed by atoms with Crippen LogP contribution in [0.4, 0.5) is 0 Å². The Bertz CT molecular complexity index is 581. The normalized spacial score (nSPS) is 10.8. The Kier molecular flexibility index (Phi) is 6.22. The predicted molar refractivity (Wildman–Crippen MR) is 84.4 cm³/mol. The number of carboxylic acid groups (broad SMARTS) is 1. The number of benzene rings is 1. The van der Waals surface area contributed by atoms with Gasteiger partial charge in [-0.05, 0) is 70.6 Å². The molecule has 0 atom stereocenters. The molecule has 1 rings (SSSR count). The average Bonchev–Trinajstić information content (AvgIpc) is 2.36.